The van der Waals surface area contributed by atoms with Crippen LogP contribution >= 0.6 is 0 Å². The molecule has 0 aliphatic carbocycles. The lowest BCUT2D eigenvalue weighted by atomic mass is 9.99. The Morgan fingerprint density at radius 3 is 2.19 bits per heavy atom. The van der Waals surface area contributed by atoms with Crippen LogP contribution in [0.2, 0.25) is 0 Å². The summed E-state index contributed by atoms with van der Waals surface area (Å²) in [6.07, 6.45) is 0. The molecule has 0 amide bonds. The van der Waals surface area contributed by atoms with E-state index in [0.29, 0.717) is 23.3 Å². The minimum Gasteiger partial charge on any atom is -0.211 e. The molecule has 1 aromatic carbocycles. The molecule has 0 saturated heterocycles. The number of hydrogen-bond acceptors (Lipinski definition) is 2. The zero-order chi connectivity index (χ0) is 12.2. The predicted octanol–water partition coefficient (Wildman–Crippen LogP) is 2.26. The van der Waals surface area contributed by atoms with E-state index in [0.717, 1.165) is 0 Å². The average molecular weight is 241 g/mol. The van der Waals surface area contributed by atoms with Crippen molar-refractivity contribution in [2.24, 2.45) is 11.8 Å². The summed E-state index contributed by atoms with van der Waals surface area (Å²) in [4.78, 5) is 0.325. The Morgan fingerprint density at radius 2 is 1.69 bits per heavy atom. The van der Waals surface area contributed by atoms with Crippen LogP contribution in [0.25, 0.3) is 0 Å². The van der Waals surface area contributed by atoms with Crippen molar-refractivity contribution in [2.45, 2.75) is 25.7 Å². The summed E-state index contributed by atoms with van der Waals surface area (Å²) in [5, 5.41) is 0. The van der Waals surface area contributed by atoms with E-state index in [4.69, 9.17) is 0 Å². The maximum Gasteiger partial charge on any atom is 0.240 e. The molecule has 0 aromatic heterocycles. The van der Waals surface area contributed by atoms with Crippen LogP contribution in [0.15, 0.2) is 35.2 Å². The van der Waals surface area contributed by atoms with E-state index < -0.39 is 10.0 Å². The number of rotatable bonds is 5. The molecular formula is C12H19NO2S. The molecule has 0 heterocycles. The van der Waals surface area contributed by atoms with Gasteiger partial charge >= 0.3 is 0 Å². The number of benzene rings is 1. The molecule has 0 bridgehead atoms. The zero-order valence-corrected chi connectivity index (χ0v) is 10.8. The third-order valence-electron chi connectivity index (χ3n) is 2.79. The van der Waals surface area contributed by atoms with Gasteiger partial charge in [-0.3, -0.25) is 0 Å². The maximum absolute atomic E-state index is 11.8. The van der Waals surface area contributed by atoms with Gasteiger partial charge in [-0.15, -0.1) is 0 Å². The summed E-state index contributed by atoms with van der Waals surface area (Å²) in [6, 6.07) is 8.45. The Bertz CT molecular complexity index is 412. The molecule has 0 spiro atoms. The highest BCUT2D eigenvalue weighted by molar-refractivity contribution is 7.89. The second-order valence-electron chi connectivity index (χ2n) is 4.39. The van der Waals surface area contributed by atoms with E-state index >= 15 is 0 Å². The van der Waals surface area contributed by atoms with Crippen molar-refractivity contribution in [1.29, 1.82) is 0 Å². The van der Waals surface area contributed by atoms with E-state index in [1.807, 2.05) is 6.92 Å². The lowest BCUT2D eigenvalue weighted by molar-refractivity contribution is 0.414. The molecule has 3 nitrogen and oxygen atoms in total. The topological polar surface area (TPSA) is 46.2 Å². The Kier molecular flexibility index (Phi) is 4.50. The Hall–Kier alpha value is -0.870. The SMILES string of the molecule is CC(C)[C@H](C)CNS(=O)(=O)c1ccccc1. The van der Waals surface area contributed by atoms with Crippen LogP contribution in [0.3, 0.4) is 0 Å². The predicted molar refractivity (Wildman–Crippen MR) is 65.6 cm³/mol. The summed E-state index contributed by atoms with van der Waals surface area (Å²) < 4.78 is 26.3. The molecule has 0 unspecified atom stereocenters. The van der Waals surface area contributed by atoms with Gasteiger partial charge in [-0.1, -0.05) is 39.0 Å². The van der Waals surface area contributed by atoms with E-state index in [1.54, 1.807) is 30.3 Å². The van der Waals surface area contributed by atoms with E-state index in [9.17, 15) is 8.42 Å². The van der Waals surface area contributed by atoms with Crippen LogP contribution < -0.4 is 4.72 Å². The van der Waals surface area contributed by atoms with Crippen molar-refractivity contribution in [1.82, 2.24) is 4.72 Å². The van der Waals surface area contributed by atoms with Crippen LogP contribution in [0.1, 0.15) is 20.8 Å². The Morgan fingerprint density at radius 1 is 1.12 bits per heavy atom. The lowest BCUT2D eigenvalue weighted by Crippen LogP contribution is -2.30. The van der Waals surface area contributed by atoms with Crippen LogP contribution in [0.4, 0.5) is 0 Å². The maximum atomic E-state index is 11.8. The van der Waals surface area contributed by atoms with E-state index in [2.05, 4.69) is 18.6 Å². The van der Waals surface area contributed by atoms with Gasteiger partial charge in [0.2, 0.25) is 10.0 Å². The quantitative estimate of drug-likeness (QED) is 0.859. The van der Waals surface area contributed by atoms with Gasteiger partial charge in [0.15, 0.2) is 0 Å². The summed E-state index contributed by atoms with van der Waals surface area (Å²) in [5.74, 6) is 0.803. The first-order chi connectivity index (χ1) is 7.43. The fraction of sp³-hybridized carbons (Fsp3) is 0.500. The van der Waals surface area contributed by atoms with Gasteiger partial charge in [0.25, 0.3) is 0 Å². The third kappa shape index (κ3) is 3.61. The molecule has 1 aromatic rings. The van der Waals surface area contributed by atoms with Gasteiger partial charge in [-0.2, -0.15) is 0 Å². The minimum atomic E-state index is -3.34. The largest absolute Gasteiger partial charge is 0.240 e. The number of sulfonamides is 1. The second-order valence-corrected chi connectivity index (χ2v) is 6.15. The second kappa shape index (κ2) is 5.46. The third-order valence-corrected chi connectivity index (χ3v) is 4.23. The highest BCUT2D eigenvalue weighted by atomic mass is 32.2. The van der Waals surface area contributed by atoms with Gasteiger partial charge < -0.3 is 0 Å². The van der Waals surface area contributed by atoms with Crippen LogP contribution in [0, 0.1) is 11.8 Å². The zero-order valence-electron chi connectivity index (χ0n) is 9.97. The summed E-state index contributed by atoms with van der Waals surface area (Å²) in [7, 11) is -3.34. The van der Waals surface area contributed by atoms with Crippen molar-refractivity contribution in [3.8, 4) is 0 Å². The molecule has 1 N–H and O–H groups in total. The molecule has 0 saturated carbocycles. The standard InChI is InChI=1S/C12H19NO2S/c1-10(2)11(3)9-13-16(14,15)12-7-5-4-6-8-12/h4-8,10-11,13H,9H2,1-3H3/t11-/m1/s1. The number of hydrogen-bond donors (Lipinski definition) is 1. The highest BCUT2D eigenvalue weighted by Gasteiger charge is 2.15. The first-order valence-electron chi connectivity index (χ1n) is 5.48. The Balaban J connectivity index is 2.67. The fourth-order valence-electron chi connectivity index (χ4n) is 1.16. The summed E-state index contributed by atoms with van der Waals surface area (Å²) in [5.41, 5.74) is 0. The molecule has 1 atom stereocenters. The van der Waals surface area contributed by atoms with Crippen molar-refractivity contribution >= 4 is 10.0 Å². The van der Waals surface area contributed by atoms with Gasteiger partial charge in [0.1, 0.15) is 0 Å². The molecule has 0 aliphatic rings. The van der Waals surface area contributed by atoms with Crippen LogP contribution in [-0.2, 0) is 10.0 Å². The molecule has 1 rings (SSSR count). The van der Waals surface area contributed by atoms with E-state index in [1.165, 1.54) is 0 Å². The molecule has 0 radical (unpaired) electrons. The smallest absolute Gasteiger partial charge is 0.211 e. The summed E-state index contributed by atoms with van der Waals surface area (Å²) >= 11 is 0. The average Bonchev–Trinajstić information content (AvgIpc) is 2.27. The van der Waals surface area contributed by atoms with Gasteiger partial charge in [-0.25, -0.2) is 13.1 Å². The highest BCUT2D eigenvalue weighted by Crippen LogP contribution is 2.11. The monoisotopic (exact) mass is 241 g/mol. The number of nitrogens with one attached hydrogen (secondary N) is 1. The van der Waals surface area contributed by atoms with Crippen LogP contribution in [-0.4, -0.2) is 15.0 Å². The Labute approximate surface area is 97.9 Å². The molecule has 16 heavy (non-hydrogen) atoms. The van der Waals surface area contributed by atoms with Gasteiger partial charge in [0.05, 0.1) is 4.90 Å². The fourth-order valence-corrected chi connectivity index (χ4v) is 2.32. The van der Waals surface area contributed by atoms with Crippen molar-refractivity contribution in [2.75, 3.05) is 6.54 Å². The first-order valence-corrected chi connectivity index (χ1v) is 6.96. The molecule has 90 valence electrons. The van der Waals surface area contributed by atoms with Gasteiger partial charge in [-0.05, 0) is 24.0 Å². The first kappa shape index (κ1) is 13.2. The van der Waals surface area contributed by atoms with Crippen LogP contribution in [0.5, 0.6) is 0 Å². The van der Waals surface area contributed by atoms with Crippen molar-refractivity contribution in [3.63, 3.8) is 0 Å². The normalized spacial score (nSPS) is 14.0. The van der Waals surface area contributed by atoms with Crippen molar-refractivity contribution in [3.05, 3.63) is 30.3 Å². The van der Waals surface area contributed by atoms with Gasteiger partial charge in [0, 0.05) is 6.54 Å². The lowest BCUT2D eigenvalue weighted by Gasteiger charge is -2.16. The molecule has 4 heteroatoms. The molecule has 0 aliphatic heterocycles. The van der Waals surface area contributed by atoms with Crippen molar-refractivity contribution < 1.29 is 8.42 Å². The van der Waals surface area contributed by atoms with E-state index in [-0.39, 0.29) is 0 Å². The summed E-state index contributed by atoms with van der Waals surface area (Å²) in [6.45, 7) is 6.69. The molecule has 0 fully saturated rings. The minimum absolute atomic E-state index is 0.325. The molecular weight excluding hydrogens is 222 g/mol.